The van der Waals surface area contributed by atoms with E-state index in [-0.39, 0.29) is 5.48 Å². The van der Waals surface area contributed by atoms with Gasteiger partial charge in [0.05, 0.1) is 0 Å². The number of aliphatic hydroxyl groups is 2. The number of rotatable bonds is 8. The van der Waals surface area contributed by atoms with Crippen molar-refractivity contribution in [3.63, 3.8) is 0 Å². The highest BCUT2D eigenvalue weighted by molar-refractivity contribution is 4.33. The molecule has 4 N–H and O–H groups in total. The van der Waals surface area contributed by atoms with E-state index in [1.54, 1.807) is 0 Å². The second kappa shape index (κ2) is 36.0. The van der Waals surface area contributed by atoms with Crippen molar-refractivity contribution in [1.29, 1.82) is 0 Å². The summed E-state index contributed by atoms with van der Waals surface area (Å²) in [6.07, 6.45) is 6.95. The lowest BCUT2D eigenvalue weighted by Crippen LogP contribution is -1.95. The van der Waals surface area contributed by atoms with Gasteiger partial charge < -0.3 is 20.4 Å². The second-order valence-corrected chi connectivity index (χ2v) is 3.40. The lowest BCUT2D eigenvalue weighted by atomic mass is 10.3. The molecule has 0 bridgehead atoms. The van der Waals surface area contributed by atoms with Crippen molar-refractivity contribution in [3.8, 4) is 0 Å². The summed E-state index contributed by atoms with van der Waals surface area (Å²) in [5, 5.41) is 15.1. The van der Waals surface area contributed by atoms with Crippen molar-refractivity contribution in [3.05, 3.63) is 0 Å². The fourth-order valence-corrected chi connectivity index (χ4v) is 0.753. The Labute approximate surface area is 107 Å². The molecule has 0 heterocycles. The van der Waals surface area contributed by atoms with Crippen LogP contribution in [0.5, 0.6) is 0 Å². The molecular formula is C13H34O4. The first-order valence-corrected chi connectivity index (χ1v) is 6.46. The molecule has 0 rings (SSSR count). The topological polar surface area (TPSA) is 81.2 Å². The van der Waals surface area contributed by atoms with Gasteiger partial charge in [0.2, 0.25) is 0 Å². The first-order valence-electron chi connectivity index (χ1n) is 6.46. The molecule has 0 fully saturated rings. The molecule has 0 aliphatic carbocycles. The first kappa shape index (κ1) is 25.6. The van der Waals surface area contributed by atoms with Crippen LogP contribution in [0.15, 0.2) is 0 Å². The van der Waals surface area contributed by atoms with Gasteiger partial charge >= 0.3 is 0 Å². The molecule has 17 heavy (non-hydrogen) atoms. The van der Waals surface area contributed by atoms with Gasteiger partial charge in [0, 0.05) is 26.9 Å². The SMILES string of the molecule is CCCCO.CCCCOCCCC.CO.O. The van der Waals surface area contributed by atoms with Crippen LogP contribution in [0.25, 0.3) is 0 Å². The summed E-state index contributed by atoms with van der Waals surface area (Å²) in [6, 6.07) is 0. The van der Waals surface area contributed by atoms with Crippen molar-refractivity contribution < 1.29 is 20.4 Å². The summed E-state index contributed by atoms with van der Waals surface area (Å²) in [7, 11) is 1.00. The molecule has 4 nitrogen and oxygen atoms in total. The maximum atomic E-state index is 8.07. The molecule has 0 aromatic carbocycles. The second-order valence-electron chi connectivity index (χ2n) is 3.40. The van der Waals surface area contributed by atoms with E-state index in [2.05, 4.69) is 20.8 Å². The number of aliphatic hydroxyl groups excluding tert-OH is 2. The predicted molar refractivity (Wildman–Crippen MR) is 74.4 cm³/mol. The first-order chi connectivity index (χ1) is 7.83. The Morgan fingerprint density at radius 2 is 1.12 bits per heavy atom. The van der Waals surface area contributed by atoms with Crippen LogP contribution < -0.4 is 0 Å². The third-order valence-electron chi connectivity index (χ3n) is 1.80. The summed E-state index contributed by atoms with van der Waals surface area (Å²) in [5.74, 6) is 0. The Morgan fingerprint density at radius 3 is 1.29 bits per heavy atom. The van der Waals surface area contributed by atoms with Crippen molar-refractivity contribution in [1.82, 2.24) is 0 Å². The number of hydrogen-bond acceptors (Lipinski definition) is 3. The number of hydrogen-bond donors (Lipinski definition) is 2. The van der Waals surface area contributed by atoms with Gasteiger partial charge in [-0.25, -0.2) is 0 Å². The summed E-state index contributed by atoms with van der Waals surface area (Å²) in [5.41, 5.74) is 0. The molecule has 0 aliphatic heterocycles. The van der Waals surface area contributed by atoms with Gasteiger partial charge in [0.1, 0.15) is 0 Å². The normalized spacial score (nSPS) is 8.12. The smallest absolute Gasteiger partial charge is 0.0465 e. The maximum Gasteiger partial charge on any atom is 0.0465 e. The molecule has 0 amide bonds. The molecule has 0 saturated heterocycles. The van der Waals surface area contributed by atoms with Crippen LogP contribution in [0.1, 0.15) is 59.3 Å². The van der Waals surface area contributed by atoms with E-state index < -0.39 is 0 Å². The van der Waals surface area contributed by atoms with Gasteiger partial charge in [0.25, 0.3) is 0 Å². The number of unbranched alkanes of at least 4 members (excludes halogenated alkanes) is 3. The van der Waals surface area contributed by atoms with E-state index in [1.807, 2.05) is 0 Å². The Kier molecular flexibility index (Phi) is 54.3. The fourth-order valence-electron chi connectivity index (χ4n) is 0.753. The largest absolute Gasteiger partial charge is 0.412 e. The standard InChI is InChI=1S/C8H18O.C4H10O.CH4O.H2O/c1-3-5-7-9-8-6-4-2;1-2-3-4-5;1-2;/h3-8H2,1-2H3;5H,2-4H2,1H3;2H,1H3;1H2. The van der Waals surface area contributed by atoms with Crippen LogP contribution in [0.3, 0.4) is 0 Å². The average molecular weight is 254 g/mol. The van der Waals surface area contributed by atoms with E-state index >= 15 is 0 Å². The van der Waals surface area contributed by atoms with Gasteiger partial charge in [0.15, 0.2) is 0 Å². The molecule has 0 aromatic rings. The molecule has 0 aliphatic rings. The fraction of sp³-hybridized carbons (Fsp3) is 1.00. The zero-order valence-corrected chi connectivity index (χ0v) is 12.2. The van der Waals surface area contributed by atoms with E-state index in [0.717, 1.165) is 33.2 Å². The van der Waals surface area contributed by atoms with Gasteiger partial charge in [-0.05, 0) is 19.3 Å². The highest BCUT2D eigenvalue weighted by Crippen LogP contribution is 1.91. The Bertz CT molecular complexity index is 71.8. The van der Waals surface area contributed by atoms with Crippen LogP contribution in [0.2, 0.25) is 0 Å². The van der Waals surface area contributed by atoms with Crippen molar-refractivity contribution in [2.75, 3.05) is 26.9 Å². The van der Waals surface area contributed by atoms with Gasteiger partial charge in [-0.1, -0.05) is 40.0 Å². The molecule has 4 heteroatoms. The van der Waals surface area contributed by atoms with Crippen LogP contribution in [0.4, 0.5) is 0 Å². The zero-order valence-electron chi connectivity index (χ0n) is 12.2. The Hall–Kier alpha value is -0.160. The van der Waals surface area contributed by atoms with Crippen molar-refractivity contribution in [2.45, 2.75) is 59.3 Å². The molecule has 0 atom stereocenters. The van der Waals surface area contributed by atoms with Crippen LogP contribution in [0, 0.1) is 0 Å². The number of ether oxygens (including phenoxy) is 1. The average Bonchev–Trinajstić information content (AvgIpc) is 2.33. The molecule has 0 unspecified atom stereocenters. The van der Waals surface area contributed by atoms with E-state index in [0.29, 0.717) is 6.61 Å². The monoisotopic (exact) mass is 254 g/mol. The molecule has 0 aromatic heterocycles. The zero-order chi connectivity index (χ0) is 13.1. The summed E-state index contributed by atoms with van der Waals surface area (Å²) >= 11 is 0. The lowest BCUT2D eigenvalue weighted by Gasteiger charge is -1.99. The Balaban J connectivity index is -0.0000000910. The van der Waals surface area contributed by atoms with E-state index in [9.17, 15) is 0 Å². The van der Waals surface area contributed by atoms with Crippen molar-refractivity contribution >= 4 is 0 Å². The van der Waals surface area contributed by atoms with Gasteiger partial charge in [-0.3, -0.25) is 0 Å². The van der Waals surface area contributed by atoms with Gasteiger partial charge in [-0.15, -0.1) is 0 Å². The molecule has 0 radical (unpaired) electrons. The maximum absolute atomic E-state index is 8.07. The molecule has 0 saturated carbocycles. The minimum atomic E-state index is 0. The predicted octanol–water partition coefficient (Wildman–Crippen LogP) is 2.17. The van der Waals surface area contributed by atoms with Crippen LogP contribution in [-0.4, -0.2) is 42.6 Å². The summed E-state index contributed by atoms with van der Waals surface area (Å²) in [6.45, 7) is 8.67. The van der Waals surface area contributed by atoms with Crippen LogP contribution >= 0.6 is 0 Å². The summed E-state index contributed by atoms with van der Waals surface area (Å²) in [4.78, 5) is 0. The molecular weight excluding hydrogens is 220 g/mol. The molecule has 110 valence electrons. The van der Waals surface area contributed by atoms with Crippen molar-refractivity contribution in [2.24, 2.45) is 0 Å². The van der Waals surface area contributed by atoms with Gasteiger partial charge in [-0.2, -0.15) is 0 Å². The highest BCUT2D eigenvalue weighted by atomic mass is 16.5. The third kappa shape index (κ3) is 49.4. The molecule has 0 spiro atoms. The van der Waals surface area contributed by atoms with E-state index in [4.69, 9.17) is 14.9 Å². The van der Waals surface area contributed by atoms with Crippen LogP contribution in [-0.2, 0) is 4.74 Å². The third-order valence-corrected chi connectivity index (χ3v) is 1.80. The highest BCUT2D eigenvalue weighted by Gasteiger charge is 1.84. The Morgan fingerprint density at radius 1 is 0.765 bits per heavy atom. The van der Waals surface area contributed by atoms with E-state index in [1.165, 1.54) is 25.7 Å². The minimum Gasteiger partial charge on any atom is -0.412 e. The quantitative estimate of drug-likeness (QED) is 0.651. The lowest BCUT2D eigenvalue weighted by molar-refractivity contribution is 0.128. The minimum absolute atomic E-state index is 0. The summed E-state index contributed by atoms with van der Waals surface area (Å²) < 4.78 is 5.31.